The first kappa shape index (κ1) is 9.37. The molecule has 2 N–H and O–H groups in total. The van der Waals surface area contributed by atoms with Crippen LogP contribution in [0.15, 0.2) is 17.3 Å². The van der Waals surface area contributed by atoms with E-state index in [9.17, 15) is 0 Å². The second-order valence-electron chi connectivity index (χ2n) is 2.49. The molecule has 0 aromatic rings. The number of nitrogens with two attached hydrogens (primary N) is 1. The molecular weight excluding hydrogens is 124 g/mol. The third-order valence-corrected chi connectivity index (χ3v) is 1.14. The fourth-order valence-corrected chi connectivity index (χ4v) is 0.439. The summed E-state index contributed by atoms with van der Waals surface area (Å²) in [5, 5.41) is 0. The molecule has 0 aliphatic rings. The third kappa shape index (κ3) is 5.51. The summed E-state index contributed by atoms with van der Waals surface area (Å²) in [5.74, 6) is 0. The highest BCUT2D eigenvalue weighted by molar-refractivity contribution is 5.79. The second kappa shape index (κ2) is 5.18. The van der Waals surface area contributed by atoms with Crippen molar-refractivity contribution in [1.29, 1.82) is 0 Å². The van der Waals surface area contributed by atoms with Gasteiger partial charge in [-0.15, -0.1) is 0 Å². The zero-order valence-corrected chi connectivity index (χ0v) is 6.96. The molecule has 0 aliphatic heterocycles. The quantitative estimate of drug-likeness (QED) is 0.595. The summed E-state index contributed by atoms with van der Waals surface area (Å²) in [6, 6.07) is 0.156. The van der Waals surface area contributed by atoms with Gasteiger partial charge in [0.2, 0.25) is 0 Å². The van der Waals surface area contributed by atoms with Gasteiger partial charge < -0.3 is 5.73 Å². The molecule has 58 valence electrons. The van der Waals surface area contributed by atoms with E-state index in [2.05, 4.69) is 11.9 Å². The van der Waals surface area contributed by atoms with Crippen LogP contribution in [0.3, 0.4) is 0 Å². The van der Waals surface area contributed by atoms with Crippen molar-refractivity contribution in [2.24, 2.45) is 10.7 Å². The van der Waals surface area contributed by atoms with Gasteiger partial charge in [0.15, 0.2) is 0 Å². The van der Waals surface area contributed by atoms with Crippen LogP contribution in [0, 0.1) is 0 Å². The number of aliphatic imine (C=N–C) groups is 1. The van der Waals surface area contributed by atoms with E-state index < -0.39 is 0 Å². The molecule has 10 heavy (non-hydrogen) atoms. The molecule has 0 rings (SSSR count). The Labute approximate surface area is 62.8 Å². The van der Waals surface area contributed by atoms with E-state index in [4.69, 9.17) is 5.73 Å². The van der Waals surface area contributed by atoms with E-state index >= 15 is 0 Å². The Hall–Kier alpha value is -0.630. The number of rotatable bonds is 3. The number of nitrogens with zero attached hydrogens (tertiary/aromatic N) is 1. The lowest BCUT2D eigenvalue weighted by Crippen LogP contribution is -2.14. The lowest BCUT2D eigenvalue weighted by molar-refractivity contribution is 0.781. The predicted molar refractivity (Wildman–Crippen MR) is 46.2 cm³/mol. The van der Waals surface area contributed by atoms with Crippen LogP contribution in [0.4, 0.5) is 0 Å². The Balaban J connectivity index is 3.66. The van der Waals surface area contributed by atoms with Crippen molar-refractivity contribution < 1.29 is 0 Å². The molecule has 0 fully saturated rings. The molecule has 0 amide bonds. The van der Waals surface area contributed by atoms with Gasteiger partial charge in [0.05, 0.1) is 0 Å². The Bertz CT molecular complexity index is 132. The third-order valence-electron chi connectivity index (χ3n) is 1.14. The van der Waals surface area contributed by atoms with E-state index in [1.54, 1.807) is 6.20 Å². The average molecular weight is 140 g/mol. The van der Waals surface area contributed by atoms with Gasteiger partial charge in [-0.25, -0.2) is 0 Å². The maximum absolute atomic E-state index is 5.60. The topological polar surface area (TPSA) is 38.4 Å². The molecular formula is C8H16N2. The molecule has 0 aromatic heterocycles. The van der Waals surface area contributed by atoms with Gasteiger partial charge in [0, 0.05) is 18.0 Å². The van der Waals surface area contributed by atoms with Gasteiger partial charge in [-0.3, -0.25) is 4.99 Å². The molecule has 0 saturated heterocycles. The van der Waals surface area contributed by atoms with Crippen molar-refractivity contribution in [2.75, 3.05) is 0 Å². The van der Waals surface area contributed by atoms with Crippen LogP contribution in [0.25, 0.3) is 0 Å². The Kier molecular flexibility index (Phi) is 4.85. The van der Waals surface area contributed by atoms with Gasteiger partial charge in [-0.2, -0.15) is 0 Å². The molecule has 2 nitrogen and oxygen atoms in total. The first-order chi connectivity index (χ1) is 4.66. The van der Waals surface area contributed by atoms with Gasteiger partial charge in [0.1, 0.15) is 0 Å². The minimum absolute atomic E-state index is 0.156. The molecule has 0 heterocycles. The summed E-state index contributed by atoms with van der Waals surface area (Å²) < 4.78 is 0. The lowest BCUT2D eigenvalue weighted by atomic mass is 10.2. The molecule has 0 aromatic carbocycles. The largest absolute Gasteiger partial charge is 0.324 e. The van der Waals surface area contributed by atoms with Gasteiger partial charge in [-0.1, -0.05) is 6.92 Å². The number of hydrogen-bond donors (Lipinski definition) is 1. The molecule has 0 spiro atoms. The summed E-state index contributed by atoms with van der Waals surface area (Å²) in [6.45, 7) is 5.97. The smallest absolute Gasteiger partial charge is 0.0242 e. The summed E-state index contributed by atoms with van der Waals surface area (Å²) in [7, 11) is 0. The van der Waals surface area contributed by atoms with Crippen LogP contribution in [0.2, 0.25) is 0 Å². The maximum Gasteiger partial charge on any atom is 0.0242 e. The molecule has 1 atom stereocenters. The molecule has 0 bridgehead atoms. The standard InChI is InChI=1S/C8H16N2/c1-4-8(9)5-6-10-7(2)3/h5-6,8H,4,9H2,1-3H3. The summed E-state index contributed by atoms with van der Waals surface area (Å²) >= 11 is 0. The fraction of sp³-hybridized carbons (Fsp3) is 0.625. The van der Waals surface area contributed by atoms with Crippen LogP contribution in [-0.4, -0.2) is 11.8 Å². The van der Waals surface area contributed by atoms with Crippen LogP contribution < -0.4 is 5.73 Å². The van der Waals surface area contributed by atoms with Crippen molar-refractivity contribution in [3.63, 3.8) is 0 Å². The normalized spacial score (nSPS) is 13.6. The monoisotopic (exact) mass is 140 g/mol. The van der Waals surface area contributed by atoms with Crippen LogP contribution in [-0.2, 0) is 0 Å². The molecule has 2 heteroatoms. The van der Waals surface area contributed by atoms with Gasteiger partial charge in [0.25, 0.3) is 0 Å². The molecule has 1 unspecified atom stereocenters. The highest BCUT2D eigenvalue weighted by Gasteiger charge is 1.87. The number of hydrogen-bond acceptors (Lipinski definition) is 2. The first-order valence-electron chi connectivity index (χ1n) is 3.60. The minimum atomic E-state index is 0.156. The zero-order chi connectivity index (χ0) is 7.98. The minimum Gasteiger partial charge on any atom is -0.324 e. The average Bonchev–Trinajstić information content (AvgIpc) is 1.87. The van der Waals surface area contributed by atoms with Crippen molar-refractivity contribution in [2.45, 2.75) is 33.2 Å². The summed E-state index contributed by atoms with van der Waals surface area (Å²) in [5.41, 5.74) is 6.66. The predicted octanol–water partition coefficient (Wildman–Crippen LogP) is 1.72. The highest BCUT2D eigenvalue weighted by Crippen LogP contribution is 1.88. The fourth-order valence-electron chi connectivity index (χ4n) is 0.439. The van der Waals surface area contributed by atoms with Crippen molar-refractivity contribution in [3.05, 3.63) is 12.3 Å². The first-order valence-corrected chi connectivity index (χ1v) is 3.60. The van der Waals surface area contributed by atoms with Crippen LogP contribution in [0.5, 0.6) is 0 Å². The maximum atomic E-state index is 5.60. The lowest BCUT2D eigenvalue weighted by Gasteiger charge is -1.97. The Morgan fingerprint density at radius 2 is 2.20 bits per heavy atom. The van der Waals surface area contributed by atoms with Crippen molar-refractivity contribution >= 4 is 5.71 Å². The van der Waals surface area contributed by atoms with E-state index in [-0.39, 0.29) is 6.04 Å². The summed E-state index contributed by atoms with van der Waals surface area (Å²) in [6.07, 6.45) is 4.64. The zero-order valence-electron chi connectivity index (χ0n) is 6.96. The molecule has 0 aliphatic carbocycles. The molecule has 0 saturated carbocycles. The summed E-state index contributed by atoms with van der Waals surface area (Å²) in [4.78, 5) is 4.07. The van der Waals surface area contributed by atoms with E-state index in [1.807, 2.05) is 19.9 Å². The van der Waals surface area contributed by atoms with Crippen molar-refractivity contribution in [1.82, 2.24) is 0 Å². The van der Waals surface area contributed by atoms with E-state index in [0.29, 0.717) is 0 Å². The van der Waals surface area contributed by atoms with Gasteiger partial charge in [-0.05, 0) is 26.3 Å². The van der Waals surface area contributed by atoms with E-state index in [1.165, 1.54) is 0 Å². The van der Waals surface area contributed by atoms with E-state index in [0.717, 1.165) is 12.1 Å². The van der Waals surface area contributed by atoms with Crippen LogP contribution in [0.1, 0.15) is 27.2 Å². The highest BCUT2D eigenvalue weighted by atomic mass is 14.7. The molecule has 0 radical (unpaired) electrons. The Morgan fingerprint density at radius 1 is 1.60 bits per heavy atom. The van der Waals surface area contributed by atoms with Crippen molar-refractivity contribution in [3.8, 4) is 0 Å². The SMILES string of the molecule is CCC(N)C=CN=C(C)C. The van der Waals surface area contributed by atoms with Crippen LogP contribution >= 0.6 is 0 Å². The second-order valence-corrected chi connectivity index (χ2v) is 2.49. The van der Waals surface area contributed by atoms with Gasteiger partial charge >= 0.3 is 0 Å². The Morgan fingerprint density at radius 3 is 2.60 bits per heavy atom.